The number of hydrogen-bond donors (Lipinski definition) is 3. The molecule has 0 bridgehead atoms. The highest BCUT2D eigenvalue weighted by Crippen LogP contribution is 2.46. The average Bonchev–Trinajstić information content (AvgIpc) is 3.76. The van der Waals surface area contributed by atoms with Crippen LogP contribution in [-0.4, -0.2) is 58.0 Å². The summed E-state index contributed by atoms with van der Waals surface area (Å²) in [6.45, 7) is 0. The number of benzene rings is 1. The third kappa shape index (κ3) is 5.91. The van der Waals surface area contributed by atoms with Crippen molar-refractivity contribution in [1.82, 2.24) is 30.3 Å². The van der Waals surface area contributed by atoms with Crippen LogP contribution in [0.3, 0.4) is 0 Å². The molecule has 43 heavy (non-hydrogen) atoms. The number of carbonyl (C=O) groups is 2. The van der Waals surface area contributed by atoms with Crippen LogP contribution in [0.2, 0.25) is 0 Å². The Morgan fingerprint density at radius 2 is 1.88 bits per heavy atom. The number of nitrogens with one attached hydrogen (secondary N) is 3. The molecule has 222 valence electrons. The zero-order chi connectivity index (χ0) is 29.9. The van der Waals surface area contributed by atoms with E-state index in [0.29, 0.717) is 23.0 Å². The Balaban J connectivity index is 1.22. The quantitative estimate of drug-likeness (QED) is 0.232. The van der Waals surface area contributed by atoms with E-state index in [1.165, 1.54) is 7.05 Å². The van der Waals surface area contributed by atoms with Gasteiger partial charge >= 0.3 is 0 Å². The van der Waals surface area contributed by atoms with Crippen molar-refractivity contribution >= 4 is 29.0 Å². The first-order valence-corrected chi connectivity index (χ1v) is 14.3. The fourth-order valence-electron chi connectivity index (χ4n) is 5.50. The van der Waals surface area contributed by atoms with Crippen LogP contribution >= 0.6 is 0 Å². The number of ether oxygens (including phenoxy) is 2. The van der Waals surface area contributed by atoms with Gasteiger partial charge in [0.05, 0.1) is 36.4 Å². The van der Waals surface area contributed by atoms with Crippen LogP contribution in [0.1, 0.15) is 54.0 Å². The van der Waals surface area contributed by atoms with Crippen molar-refractivity contribution in [2.45, 2.75) is 37.8 Å². The number of rotatable bonds is 11. The summed E-state index contributed by atoms with van der Waals surface area (Å²) in [5.41, 5.74) is 3.77. The maximum atomic E-state index is 12.6. The van der Waals surface area contributed by atoms with Crippen molar-refractivity contribution < 1.29 is 19.1 Å². The molecule has 3 N–H and O–H groups in total. The lowest BCUT2D eigenvalue weighted by Crippen LogP contribution is -2.32. The first kappa shape index (κ1) is 28.3. The highest BCUT2D eigenvalue weighted by molar-refractivity contribution is 6.00. The van der Waals surface area contributed by atoms with Gasteiger partial charge in [0.25, 0.3) is 5.91 Å². The lowest BCUT2D eigenvalue weighted by Gasteiger charge is -2.39. The lowest BCUT2D eigenvalue weighted by molar-refractivity contribution is -0.117. The molecule has 12 nitrogen and oxygen atoms in total. The van der Waals surface area contributed by atoms with Crippen LogP contribution in [0.5, 0.6) is 5.75 Å². The average molecular weight is 583 g/mol. The number of hydrogen-bond acceptors (Lipinski definition) is 9. The van der Waals surface area contributed by atoms with Gasteiger partial charge in [0.15, 0.2) is 11.5 Å². The number of methoxy groups -OCH3 is 2. The van der Waals surface area contributed by atoms with Crippen LogP contribution in [-0.2, 0) is 9.53 Å². The number of aromatic nitrogens is 5. The minimum absolute atomic E-state index is 0.00242. The summed E-state index contributed by atoms with van der Waals surface area (Å²) >= 11 is 0. The van der Waals surface area contributed by atoms with E-state index in [4.69, 9.17) is 9.47 Å². The molecule has 2 aliphatic carbocycles. The van der Waals surface area contributed by atoms with Crippen molar-refractivity contribution in [2.24, 2.45) is 11.8 Å². The van der Waals surface area contributed by atoms with Gasteiger partial charge in [-0.3, -0.25) is 19.3 Å². The van der Waals surface area contributed by atoms with Crippen LogP contribution in [0.15, 0.2) is 61.1 Å². The summed E-state index contributed by atoms with van der Waals surface area (Å²) in [6.07, 6.45) is 9.21. The second-order valence-corrected chi connectivity index (χ2v) is 10.9. The topological polar surface area (TPSA) is 145 Å². The predicted molar refractivity (Wildman–Crippen MR) is 160 cm³/mol. The Hall–Kier alpha value is -4.84. The Bertz CT molecular complexity index is 1620. The van der Waals surface area contributed by atoms with Gasteiger partial charge in [-0.15, -0.1) is 10.2 Å². The number of carbonyl (C=O) groups excluding carboxylic acids is 2. The van der Waals surface area contributed by atoms with Crippen LogP contribution < -0.4 is 20.7 Å². The van der Waals surface area contributed by atoms with Crippen molar-refractivity contribution in [3.8, 4) is 16.9 Å². The van der Waals surface area contributed by atoms with Crippen LogP contribution in [0.4, 0.5) is 17.2 Å². The third-order valence-electron chi connectivity index (χ3n) is 8.02. The number of pyridine rings is 1. The molecule has 2 saturated carbocycles. The molecule has 2 aliphatic rings. The van der Waals surface area contributed by atoms with E-state index >= 15 is 0 Å². The predicted octanol–water partition coefficient (Wildman–Crippen LogP) is 4.53. The van der Waals surface area contributed by atoms with Gasteiger partial charge in [0, 0.05) is 49.7 Å². The van der Waals surface area contributed by atoms with Crippen LogP contribution in [0.25, 0.3) is 11.1 Å². The first-order chi connectivity index (χ1) is 21.0. The van der Waals surface area contributed by atoms with E-state index in [1.54, 1.807) is 26.5 Å². The molecule has 0 radical (unpaired) electrons. The summed E-state index contributed by atoms with van der Waals surface area (Å²) in [5.74, 6) is 0.692. The van der Waals surface area contributed by atoms with Gasteiger partial charge in [-0.1, -0.05) is 18.2 Å². The van der Waals surface area contributed by atoms with E-state index in [1.807, 2.05) is 53.5 Å². The molecule has 12 heteroatoms. The molecular formula is C31H34N8O4. The van der Waals surface area contributed by atoms with E-state index < -0.39 is 5.91 Å². The molecule has 1 unspecified atom stereocenters. The molecular weight excluding hydrogens is 548 g/mol. The fourth-order valence-corrected chi connectivity index (χ4v) is 5.50. The van der Waals surface area contributed by atoms with Gasteiger partial charge in [-0.05, 0) is 49.8 Å². The highest BCUT2D eigenvalue weighted by Gasteiger charge is 2.38. The number of amides is 2. The fraction of sp³-hybridized carbons (Fsp3) is 0.355. The molecule has 3 heterocycles. The Morgan fingerprint density at radius 1 is 1.05 bits per heavy atom. The molecule has 0 saturated heterocycles. The molecule has 1 aromatic carbocycles. The third-order valence-corrected chi connectivity index (χ3v) is 8.02. The minimum Gasteiger partial charge on any atom is -0.494 e. The van der Waals surface area contributed by atoms with Gasteiger partial charge in [0.1, 0.15) is 11.9 Å². The molecule has 0 aliphatic heterocycles. The van der Waals surface area contributed by atoms with Gasteiger partial charge < -0.3 is 25.4 Å². The highest BCUT2D eigenvalue weighted by atomic mass is 16.5. The Morgan fingerprint density at radius 3 is 2.58 bits per heavy atom. The van der Waals surface area contributed by atoms with E-state index in [9.17, 15) is 9.59 Å². The second-order valence-electron chi connectivity index (χ2n) is 10.9. The maximum absolute atomic E-state index is 12.6. The smallest absolute Gasteiger partial charge is 0.273 e. The largest absolute Gasteiger partial charge is 0.494 e. The molecule has 2 amide bonds. The summed E-state index contributed by atoms with van der Waals surface area (Å²) in [5, 5.41) is 21.5. The minimum atomic E-state index is -0.413. The van der Waals surface area contributed by atoms with Crippen molar-refractivity contribution in [3.63, 3.8) is 0 Å². The number of para-hydroxylation sites is 1. The molecule has 2 fully saturated rings. The number of anilines is 3. The number of nitrogens with zero attached hydrogens (tertiary/aromatic N) is 5. The first-order valence-electron chi connectivity index (χ1n) is 14.3. The summed E-state index contributed by atoms with van der Waals surface area (Å²) in [7, 11) is 4.85. The normalized spacial score (nSPS) is 18.3. The SMILES string of the molecule is CNC(=O)c1nnc(NC(=O)C2CC2)cc1Nc1cccc(-c2cnn(C3CC(C(OC)c4ccccn4)C3)c2)c1OC. The summed E-state index contributed by atoms with van der Waals surface area (Å²) < 4.78 is 13.7. The van der Waals surface area contributed by atoms with Crippen molar-refractivity contribution in [1.29, 1.82) is 0 Å². The van der Waals surface area contributed by atoms with E-state index in [0.717, 1.165) is 42.5 Å². The monoisotopic (exact) mass is 582 g/mol. The van der Waals surface area contributed by atoms with Gasteiger partial charge in [0.2, 0.25) is 5.91 Å². The molecule has 3 aromatic heterocycles. The van der Waals surface area contributed by atoms with Crippen LogP contribution in [0, 0.1) is 11.8 Å². The Kier molecular flexibility index (Phi) is 8.01. The van der Waals surface area contributed by atoms with Gasteiger partial charge in [-0.2, -0.15) is 5.10 Å². The zero-order valence-corrected chi connectivity index (χ0v) is 24.3. The zero-order valence-electron chi connectivity index (χ0n) is 24.3. The molecule has 1 atom stereocenters. The molecule has 4 aromatic rings. The second kappa shape index (κ2) is 12.2. The molecule has 6 rings (SSSR count). The maximum Gasteiger partial charge on any atom is 0.273 e. The standard InChI is InChI=1S/C31H34N8O4/c1-32-31(41)27-25(15-26(37-38-27)36-30(40)18-10-11-18)35-24-9-6-7-22(29(24)43-3)20-16-34-39(17-20)21-13-19(14-21)28(42-2)23-8-4-5-12-33-23/h4-9,12,15-19,21,28H,10-11,13-14H2,1-3H3,(H,32,41)(H2,35,36,37,40). The van der Waals surface area contributed by atoms with Gasteiger partial charge in [-0.25, -0.2) is 0 Å². The van der Waals surface area contributed by atoms with Crippen molar-refractivity contribution in [2.75, 3.05) is 31.9 Å². The lowest BCUT2D eigenvalue weighted by atomic mass is 9.75. The summed E-state index contributed by atoms with van der Waals surface area (Å²) in [6, 6.07) is 13.5. The Labute approximate surface area is 249 Å². The summed E-state index contributed by atoms with van der Waals surface area (Å²) in [4.78, 5) is 29.4. The molecule has 0 spiro atoms. The van der Waals surface area contributed by atoms with E-state index in [2.05, 4.69) is 36.2 Å². The van der Waals surface area contributed by atoms with Crippen molar-refractivity contribution in [3.05, 3.63) is 72.4 Å². The van der Waals surface area contributed by atoms with E-state index in [-0.39, 0.29) is 35.5 Å².